The summed E-state index contributed by atoms with van der Waals surface area (Å²) in [7, 11) is 0. The van der Waals surface area contributed by atoms with E-state index in [1.807, 2.05) is 12.1 Å². The van der Waals surface area contributed by atoms with Gasteiger partial charge in [-0.05, 0) is 36.5 Å². The van der Waals surface area contributed by atoms with Crippen LogP contribution in [0.25, 0.3) is 0 Å². The molecular formula is C12H18BrN. The molecule has 0 saturated heterocycles. The van der Waals surface area contributed by atoms with Gasteiger partial charge in [0, 0.05) is 10.5 Å². The molecule has 0 heterocycles. The maximum absolute atomic E-state index is 6.09. The van der Waals surface area contributed by atoms with Crippen LogP contribution in [0.5, 0.6) is 0 Å². The van der Waals surface area contributed by atoms with Gasteiger partial charge in [0.25, 0.3) is 0 Å². The van der Waals surface area contributed by atoms with Gasteiger partial charge < -0.3 is 5.73 Å². The van der Waals surface area contributed by atoms with Crippen molar-refractivity contribution in [3.63, 3.8) is 0 Å². The molecule has 0 fully saturated rings. The summed E-state index contributed by atoms with van der Waals surface area (Å²) in [6.45, 7) is 4.46. The molecule has 0 spiro atoms. The number of hydrogen-bond acceptors (Lipinski definition) is 1. The van der Waals surface area contributed by atoms with Crippen molar-refractivity contribution in [2.45, 2.75) is 32.7 Å². The van der Waals surface area contributed by atoms with Crippen molar-refractivity contribution in [3.05, 3.63) is 34.3 Å². The van der Waals surface area contributed by atoms with E-state index in [2.05, 4.69) is 41.9 Å². The first-order valence-corrected chi connectivity index (χ1v) is 5.90. The van der Waals surface area contributed by atoms with E-state index in [1.165, 1.54) is 12.0 Å². The number of rotatable bonds is 4. The minimum atomic E-state index is 0.176. The number of nitrogens with two attached hydrogens (primary N) is 1. The fourth-order valence-electron chi connectivity index (χ4n) is 1.42. The highest BCUT2D eigenvalue weighted by Gasteiger charge is 2.06. The smallest absolute Gasteiger partial charge is 0.0295 e. The monoisotopic (exact) mass is 255 g/mol. The molecule has 0 aliphatic carbocycles. The molecule has 2 heteroatoms. The molecule has 0 radical (unpaired) electrons. The van der Waals surface area contributed by atoms with Crippen LogP contribution in [-0.4, -0.2) is 0 Å². The van der Waals surface area contributed by atoms with Crippen LogP contribution in [0.3, 0.4) is 0 Å². The van der Waals surface area contributed by atoms with Crippen LogP contribution >= 0.6 is 15.9 Å². The van der Waals surface area contributed by atoms with E-state index < -0.39 is 0 Å². The summed E-state index contributed by atoms with van der Waals surface area (Å²) in [5.41, 5.74) is 7.31. The Labute approximate surface area is 94.8 Å². The van der Waals surface area contributed by atoms with E-state index in [4.69, 9.17) is 5.73 Å². The lowest BCUT2D eigenvalue weighted by molar-refractivity contribution is 0.507. The van der Waals surface area contributed by atoms with E-state index in [-0.39, 0.29) is 6.04 Å². The Morgan fingerprint density at radius 3 is 2.57 bits per heavy atom. The lowest BCUT2D eigenvalue weighted by atomic mass is 9.98. The van der Waals surface area contributed by atoms with Gasteiger partial charge in [-0.15, -0.1) is 0 Å². The van der Waals surface area contributed by atoms with Crippen LogP contribution in [-0.2, 0) is 0 Å². The molecule has 0 aromatic heterocycles. The number of halogens is 1. The molecule has 78 valence electrons. The normalized spacial score (nSPS) is 13.2. The standard InChI is InChI=1S/C12H18BrN/c1-9(2)6-7-12(14)10-4-3-5-11(13)8-10/h3-5,8-9,12H,6-7,14H2,1-2H3/t12-/m1/s1. The van der Waals surface area contributed by atoms with Crippen LogP contribution < -0.4 is 5.73 Å². The largest absolute Gasteiger partial charge is 0.324 e. The van der Waals surface area contributed by atoms with E-state index in [0.29, 0.717) is 0 Å². The predicted molar refractivity (Wildman–Crippen MR) is 65.1 cm³/mol. The Morgan fingerprint density at radius 1 is 1.29 bits per heavy atom. The average molecular weight is 256 g/mol. The molecule has 0 bridgehead atoms. The Morgan fingerprint density at radius 2 is 2.00 bits per heavy atom. The number of benzene rings is 1. The van der Waals surface area contributed by atoms with Crippen molar-refractivity contribution in [2.24, 2.45) is 11.7 Å². The minimum absolute atomic E-state index is 0.176. The molecule has 1 rings (SSSR count). The second-order valence-electron chi connectivity index (χ2n) is 4.13. The SMILES string of the molecule is CC(C)CC[C@@H](N)c1cccc(Br)c1. The maximum atomic E-state index is 6.09. The summed E-state index contributed by atoms with van der Waals surface area (Å²) in [6, 6.07) is 8.43. The quantitative estimate of drug-likeness (QED) is 0.869. The third kappa shape index (κ3) is 3.81. The molecule has 1 aromatic rings. The van der Waals surface area contributed by atoms with Crippen molar-refractivity contribution >= 4 is 15.9 Å². The molecule has 0 saturated carbocycles. The first-order valence-electron chi connectivity index (χ1n) is 5.10. The highest BCUT2D eigenvalue weighted by atomic mass is 79.9. The van der Waals surface area contributed by atoms with E-state index >= 15 is 0 Å². The molecular weight excluding hydrogens is 238 g/mol. The van der Waals surface area contributed by atoms with Crippen LogP contribution in [0, 0.1) is 5.92 Å². The van der Waals surface area contributed by atoms with Gasteiger partial charge in [0.1, 0.15) is 0 Å². The van der Waals surface area contributed by atoms with Gasteiger partial charge in [-0.25, -0.2) is 0 Å². The third-order valence-electron chi connectivity index (χ3n) is 2.33. The van der Waals surface area contributed by atoms with Gasteiger partial charge in [0.2, 0.25) is 0 Å². The fourth-order valence-corrected chi connectivity index (χ4v) is 1.83. The van der Waals surface area contributed by atoms with Gasteiger partial charge >= 0.3 is 0 Å². The van der Waals surface area contributed by atoms with Gasteiger partial charge in [-0.3, -0.25) is 0 Å². The molecule has 1 nitrogen and oxygen atoms in total. The lowest BCUT2D eigenvalue weighted by Crippen LogP contribution is -2.11. The van der Waals surface area contributed by atoms with Gasteiger partial charge in [0.05, 0.1) is 0 Å². The average Bonchev–Trinajstić information content (AvgIpc) is 2.14. The van der Waals surface area contributed by atoms with Crippen molar-refractivity contribution in [2.75, 3.05) is 0 Å². The van der Waals surface area contributed by atoms with E-state index in [0.717, 1.165) is 16.8 Å². The molecule has 0 aliphatic rings. The van der Waals surface area contributed by atoms with E-state index in [1.54, 1.807) is 0 Å². The summed E-state index contributed by atoms with van der Waals surface area (Å²) < 4.78 is 1.11. The molecule has 14 heavy (non-hydrogen) atoms. The topological polar surface area (TPSA) is 26.0 Å². The zero-order valence-electron chi connectivity index (χ0n) is 8.83. The lowest BCUT2D eigenvalue weighted by Gasteiger charge is -2.13. The molecule has 0 unspecified atom stereocenters. The van der Waals surface area contributed by atoms with Crippen molar-refractivity contribution in [1.29, 1.82) is 0 Å². The zero-order valence-corrected chi connectivity index (χ0v) is 10.4. The Bertz CT molecular complexity index is 283. The summed E-state index contributed by atoms with van der Waals surface area (Å²) in [5, 5.41) is 0. The Kier molecular flexibility index (Phi) is 4.63. The van der Waals surface area contributed by atoms with Crippen molar-refractivity contribution in [1.82, 2.24) is 0 Å². The van der Waals surface area contributed by atoms with Gasteiger partial charge in [-0.2, -0.15) is 0 Å². The predicted octanol–water partition coefficient (Wildman–Crippen LogP) is 3.89. The number of hydrogen-bond donors (Lipinski definition) is 1. The Balaban J connectivity index is 2.56. The summed E-state index contributed by atoms with van der Waals surface area (Å²) in [6.07, 6.45) is 2.25. The molecule has 0 aliphatic heterocycles. The second-order valence-corrected chi connectivity index (χ2v) is 5.05. The minimum Gasteiger partial charge on any atom is -0.324 e. The summed E-state index contributed by atoms with van der Waals surface area (Å²) in [5.74, 6) is 0.730. The van der Waals surface area contributed by atoms with Crippen LogP contribution in [0.15, 0.2) is 28.7 Å². The third-order valence-corrected chi connectivity index (χ3v) is 2.83. The van der Waals surface area contributed by atoms with Crippen LogP contribution in [0.1, 0.15) is 38.3 Å². The van der Waals surface area contributed by atoms with Crippen LogP contribution in [0.4, 0.5) is 0 Å². The first-order chi connectivity index (χ1) is 6.59. The maximum Gasteiger partial charge on any atom is 0.0295 e. The molecule has 1 aromatic carbocycles. The highest BCUT2D eigenvalue weighted by molar-refractivity contribution is 9.10. The zero-order chi connectivity index (χ0) is 10.6. The van der Waals surface area contributed by atoms with Gasteiger partial charge in [0.15, 0.2) is 0 Å². The van der Waals surface area contributed by atoms with Crippen molar-refractivity contribution < 1.29 is 0 Å². The Hall–Kier alpha value is -0.340. The second kappa shape index (κ2) is 5.52. The first kappa shape index (κ1) is 11.7. The molecule has 1 atom stereocenters. The molecule has 2 N–H and O–H groups in total. The van der Waals surface area contributed by atoms with E-state index in [9.17, 15) is 0 Å². The highest BCUT2D eigenvalue weighted by Crippen LogP contribution is 2.21. The fraction of sp³-hybridized carbons (Fsp3) is 0.500. The van der Waals surface area contributed by atoms with Gasteiger partial charge in [-0.1, -0.05) is 41.9 Å². The summed E-state index contributed by atoms with van der Waals surface area (Å²) in [4.78, 5) is 0. The summed E-state index contributed by atoms with van der Waals surface area (Å²) >= 11 is 3.45. The van der Waals surface area contributed by atoms with Crippen LogP contribution in [0.2, 0.25) is 0 Å². The van der Waals surface area contributed by atoms with Crippen molar-refractivity contribution in [3.8, 4) is 0 Å². The molecule has 0 amide bonds.